The molecule has 0 heterocycles. The lowest BCUT2D eigenvalue weighted by atomic mass is 10.0. The number of ether oxygens (including phenoxy) is 3. The fourth-order valence-corrected chi connectivity index (χ4v) is 8.04. The Bertz CT molecular complexity index is 1330. The fourth-order valence-electron chi connectivity index (χ4n) is 8.04. The van der Waals surface area contributed by atoms with E-state index in [1.54, 1.807) is 0 Å². The number of esters is 3. The van der Waals surface area contributed by atoms with E-state index in [4.69, 9.17) is 14.2 Å². The molecule has 0 bridgehead atoms. The smallest absolute Gasteiger partial charge is 0.306 e. The molecule has 0 fully saturated rings. The Hall–Kier alpha value is -3.41. The summed E-state index contributed by atoms with van der Waals surface area (Å²) in [6, 6.07) is 0. The Labute approximate surface area is 426 Å². The first-order chi connectivity index (χ1) is 34.0. The predicted octanol–water partition coefficient (Wildman–Crippen LogP) is 19.5. The van der Waals surface area contributed by atoms with Crippen molar-refractivity contribution in [2.75, 3.05) is 13.2 Å². The van der Waals surface area contributed by atoms with Gasteiger partial charge >= 0.3 is 17.9 Å². The Balaban J connectivity index is 4.45. The first kappa shape index (κ1) is 65.6. The summed E-state index contributed by atoms with van der Waals surface area (Å²) < 4.78 is 16.8. The second-order valence-electron chi connectivity index (χ2n) is 19.2. The van der Waals surface area contributed by atoms with Crippen LogP contribution in [0.3, 0.4) is 0 Å². The lowest BCUT2D eigenvalue weighted by molar-refractivity contribution is -0.167. The molecule has 0 unspecified atom stereocenters. The maximum absolute atomic E-state index is 12.8. The van der Waals surface area contributed by atoms with Crippen LogP contribution in [0.25, 0.3) is 0 Å². The third-order valence-electron chi connectivity index (χ3n) is 12.4. The minimum atomic E-state index is -0.811. The summed E-state index contributed by atoms with van der Waals surface area (Å²) in [5.74, 6) is -0.967. The lowest BCUT2D eigenvalue weighted by Gasteiger charge is -2.18. The second kappa shape index (κ2) is 57.2. The molecule has 396 valence electrons. The van der Waals surface area contributed by atoms with E-state index in [0.29, 0.717) is 19.3 Å². The van der Waals surface area contributed by atoms with Crippen LogP contribution >= 0.6 is 0 Å². The van der Waals surface area contributed by atoms with Crippen molar-refractivity contribution in [2.45, 2.75) is 284 Å². The van der Waals surface area contributed by atoms with Crippen LogP contribution < -0.4 is 0 Å². The topological polar surface area (TPSA) is 78.9 Å². The number of carbonyl (C=O) groups is 3. The molecule has 69 heavy (non-hydrogen) atoms. The van der Waals surface area contributed by atoms with Crippen molar-refractivity contribution < 1.29 is 28.6 Å². The van der Waals surface area contributed by atoms with Crippen molar-refractivity contribution in [2.24, 2.45) is 0 Å². The number of rotatable bonds is 52. The van der Waals surface area contributed by atoms with E-state index in [2.05, 4.69) is 106 Å². The molecule has 0 spiro atoms. The molecule has 0 saturated heterocycles. The van der Waals surface area contributed by atoms with Crippen LogP contribution in [0.1, 0.15) is 278 Å². The van der Waals surface area contributed by atoms with Crippen molar-refractivity contribution in [3.63, 3.8) is 0 Å². The Morgan fingerprint density at radius 3 is 0.957 bits per heavy atom. The van der Waals surface area contributed by atoms with Gasteiger partial charge in [0.1, 0.15) is 13.2 Å². The zero-order valence-corrected chi connectivity index (χ0v) is 45.3. The van der Waals surface area contributed by atoms with Gasteiger partial charge in [-0.15, -0.1) is 0 Å². The molecule has 0 aliphatic heterocycles. The third-order valence-corrected chi connectivity index (χ3v) is 12.4. The van der Waals surface area contributed by atoms with Crippen LogP contribution in [0.15, 0.2) is 85.1 Å². The summed E-state index contributed by atoms with van der Waals surface area (Å²) in [5.41, 5.74) is 0. The van der Waals surface area contributed by atoms with E-state index in [9.17, 15) is 14.4 Å². The van der Waals surface area contributed by atoms with Gasteiger partial charge in [0.15, 0.2) is 6.10 Å². The lowest BCUT2D eigenvalue weighted by Crippen LogP contribution is -2.30. The van der Waals surface area contributed by atoms with Gasteiger partial charge in [0.2, 0.25) is 0 Å². The average molecular weight is 962 g/mol. The van der Waals surface area contributed by atoms with Crippen LogP contribution in [0.5, 0.6) is 0 Å². The molecule has 0 aliphatic rings. The first-order valence-electron chi connectivity index (χ1n) is 29.1. The van der Waals surface area contributed by atoms with Crippen LogP contribution in [-0.2, 0) is 28.6 Å². The monoisotopic (exact) mass is 961 g/mol. The summed E-state index contributed by atoms with van der Waals surface area (Å²) >= 11 is 0. The van der Waals surface area contributed by atoms with E-state index in [1.807, 2.05) is 0 Å². The van der Waals surface area contributed by atoms with E-state index in [1.165, 1.54) is 128 Å². The van der Waals surface area contributed by atoms with Gasteiger partial charge < -0.3 is 14.2 Å². The first-order valence-corrected chi connectivity index (χ1v) is 29.1. The average Bonchev–Trinajstić information content (AvgIpc) is 3.35. The van der Waals surface area contributed by atoms with Crippen molar-refractivity contribution >= 4 is 17.9 Å². The van der Waals surface area contributed by atoms with E-state index < -0.39 is 6.10 Å². The van der Waals surface area contributed by atoms with Gasteiger partial charge in [-0.3, -0.25) is 14.4 Å². The molecule has 6 nitrogen and oxygen atoms in total. The van der Waals surface area contributed by atoms with Gasteiger partial charge in [-0.25, -0.2) is 0 Å². The minimum absolute atomic E-state index is 0.102. The molecule has 0 aromatic carbocycles. The van der Waals surface area contributed by atoms with E-state index in [-0.39, 0.29) is 37.5 Å². The highest BCUT2D eigenvalue weighted by molar-refractivity contribution is 5.71. The quantitative estimate of drug-likeness (QED) is 0.0262. The molecule has 1 atom stereocenters. The maximum Gasteiger partial charge on any atom is 0.306 e. The summed E-state index contributed by atoms with van der Waals surface area (Å²) in [6.45, 7) is 6.46. The highest BCUT2D eigenvalue weighted by Crippen LogP contribution is 2.16. The Kier molecular flexibility index (Phi) is 54.3. The molecule has 0 radical (unpaired) electrons. The molecule has 0 aromatic rings. The predicted molar refractivity (Wildman–Crippen MR) is 297 cm³/mol. The SMILES string of the molecule is CC/C=C/C/C=C/C/C=C/C/C=C/C/C=C/CCCC(=O)O[C@H](COC(=O)CCCCCCC/C=C/C/C=C/CCCCC)COC(=O)CCCCCCCCCCCCCCCCCCCCC. The van der Waals surface area contributed by atoms with Crippen LogP contribution in [0.2, 0.25) is 0 Å². The normalized spacial score (nSPS) is 12.7. The van der Waals surface area contributed by atoms with Gasteiger partial charge in [0.25, 0.3) is 0 Å². The largest absolute Gasteiger partial charge is 0.462 e. The standard InChI is InChI=1S/C63H108O6/c1-4-7-10-13-16-19-22-25-28-30-31-33-35-38-41-44-47-50-53-56-62(65)68-59-60(58-67-61(64)55-52-49-46-43-40-37-34-27-24-21-18-15-12-9-6-3)69-63(66)57-54-51-48-45-42-39-36-32-29-26-23-20-17-14-11-8-5-2/h8,11,17-18,20-21,26-27,29,34,36,39,45,48,60H,4-7,9-10,12-16,19,22-25,28,30-33,35,37-38,40-44,46-47,49-59H2,1-3H3/b11-8+,20-17+,21-18+,29-26+,34-27+,39-36+,48-45+/t60-/m1/s1. The molecule has 0 N–H and O–H groups in total. The number of unbranched alkanes of at least 4 members (excludes halogenated alkanes) is 27. The Morgan fingerprint density at radius 1 is 0.304 bits per heavy atom. The number of hydrogen-bond donors (Lipinski definition) is 0. The van der Waals surface area contributed by atoms with Gasteiger partial charge in [-0.1, -0.05) is 254 Å². The third kappa shape index (κ3) is 55.4. The van der Waals surface area contributed by atoms with Crippen molar-refractivity contribution in [1.82, 2.24) is 0 Å². The van der Waals surface area contributed by atoms with Crippen LogP contribution in [-0.4, -0.2) is 37.2 Å². The zero-order chi connectivity index (χ0) is 50.0. The molecule has 0 aromatic heterocycles. The molecule has 0 aliphatic carbocycles. The molecule has 0 amide bonds. The number of carbonyl (C=O) groups excluding carboxylic acids is 3. The summed E-state index contributed by atoms with van der Waals surface area (Å²) in [6.07, 6.45) is 74.4. The van der Waals surface area contributed by atoms with E-state index in [0.717, 1.165) is 103 Å². The molecule has 0 rings (SSSR count). The molecular formula is C63H108O6. The van der Waals surface area contributed by atoms with Crippen molar-refractivity contribution in [3.05, 3.63) is 85.1 Å². The minimum Gasteiger partial charge on any atom is -0.462 e. The molecule has 6 heteroatoms. The highest BCUT2D eigenvalue weighted by Gasteiger charge is 2.19. The number of hydrogen-bond acceptors (Lipinski definition) is 6. The summed E-state index contributed by atoms with van der Waals surface area (Å²) in [4.78, 5) is 38.1. The van der Waals surface area contributed by atoms with E-state index >= 15 is 0 Å². The highest BCUT2D eigenvalue weighted by atomic mass is 16.6. The molecule has 0 saturated carbocycles. The van der Waals surface area contributed by atoms with Gasteiger partial charge in [-0.05, 0) is 89.9 Å². The van der Waals surface area contributed by atoms with Gasteiger partial charge in [-0.2, -0.15) is 0 Å². The van der Waals surface area contributed by atoms with Gasteiger partial charge in [0, 0.05) is 19.3 Å². The Morgan fingerprint density at radius 2 is 0.580 bits per heavy atom. The fraction of sp³-hybridized carbons (Fsp3) is 0.730. The molecular weight excluding hydrogens is 853 g/mol. The number of allylic oxidation sites excluding steroid dienone is 14. The van der Waals surface area contributed by atoms with Crippen LogP contribution in [0.4, 0.5) is 0 Å². The van der Waals surface area contributed by atoms with Gasteiger partial charge in [0.05, 0.1) is 0 Å². The summed E-state index contributed by atoms with van der Waals surface area (Å²) in [7, 11) is 0. The summed E-state index contributed by atoms with van der Waals surface area (Å²) in [5, 5.41) is 0. The zero-order valence-electron chi connectivity index (χ0n) is 45.3. The van der Waals surface area contributed by atoms with Crippen LogP contribution in [0, 0.1) is 0 Å². The maximum atomic E-state index is 12.8. The van der Waals surface area contributed by atoms with Crippen molar-refractivity contribution in [3.8, 4) is 0 Å². The second-order valence-corrected chi connectivity index (χ2v) is 19.2. The van der Waals surface area contributed by atoms with Crippen molar-refractivity contribution in [1.29, 1.82) is 0 Å².